The van der Waals surface area contributed by atoms with Gasteiger partial charge < -0.3 is 4.98 Å². The normalized spacial score (nSPS) is 17.2. The third-order valence-corrected chi connectivity index (χ3v) is 6.01. The molecule has 0 fully saturated rings. The van der Waals surface area contributed by atoms with E-state index in [2.05, 4.69) is 15.1 Å². The minimum absolute atomic E-state index is 0.0213. The average molecular weight is 451 g/mol. The molecule has 0 spiro atoms. The zero-order valence-electron chi connectivity index (χ0n) is 15.4. The summed E-state index contributed by atoms with van der Waals surface area (Å²) in [6.07, 6.45) is -3.13. The smallest absolute Gasteiger partial charge is 0.335 e. The molecular weight excluding hydrogens is 437 g/mol. The molecule has 1 atom stereocenters. The largest absolute Gasteiger partial charge is 0.461 e. The molecule has 0 saturated carbocycles. The van der Waals surface area contributed by atoms with E-state index in [1.165, 1.54) is 19.9 Å². The summed E-state index contributed by atoms with van der Waals surface area (Å²) in [4.78, 5) is 19.8. The molecule has 0 saturated heterocycles. The first-order valence-corrected chi connectivity index (χ1v) is 10.1. The molecule has 1 unspecified atom stereocenters. The van der Waals surface area contributed by atoms with Crippen LogP contribution in [-0.2, 0) is 15.8 Å². The Morgan fingerprint density at radius 3 is 2.50 bits per heavy atom. The Balaban J connectivity index is 2.19. The van der Waals surface area contributed by atoms with Crippen molar-refractivity contribution >= 4 is 28.0 Å². The number of aromatic amines is 1. The summed E-state index contributed by atoms with van der Waals surface area (Å²) >= 11 is 0. The number of alkyl halides is 5. The molecule has 3 heterocycles. The molecular formula is C16H14F5N5O3S. The predicted octanol–water partition coefficient (Wildman–Crippen LogP) is 1.29. The fraction of sp³-hybridized carbons (Fsp3) is 0.375. The van der Waals surface area contributed by atoms with Crippen molar-refractivity contribution in [3.8, 4) is 0 Å². The van der Waals surface area contributed by atoms with Gasteiger partial charge in [-0.15, -0.1) is 5.10 Å². The van der Waals surface area contributed by atoms with E-state index in [9.17, 15) is 35.2 Å². The number of carbonyl (C=O) groups excluding carboxylic acids is 1. The summed E-state index contributed by atoms with van der Waals surface area (Å²) in [7, 11) is -3.88. The first-order chi connectivity index (χ1) is 13.8. The number of carbonyl (C=O) groups is 1. The molecule has 1 aliphatic rings. The second-order valence-electron chi connectivity index (χ2n) is 6.36. The zero-order valence-corrected chi connectivity index (χ0v) is 16.2. The van der Waals surface area contributed by atoms with Gasteiger partial charge in [0, 0.05) is 11.8 Å². The molecule has 162 valence electrons. The summed E-state index contributed by atoms with van der Waals surface area (Å²) in [5.41, 5.74) is -0.514. The van der Waals surface area contributed by atoms with Crippen LogP contribution < -0.4 is 15.8 Å². The summed E-state index contributed by atoms with van der Waals surface area (Å²) < 4.78 is 90.0. The lowest BCUT2D eigenvalue weighted by Crippen LogP contribution is -2.42. The molecule has 0 radical (unpaired) electrons. The highest BCUT2D eigenvalue weighted by molar-refractivity contribution is 7.91. The molecule has 0 aliphatic carbocycles. The van der Waals surface area contributed by atoms with Gasteiger partial charge >= 0.3 is 12.1 Å². The number of pyridine rings is 1. The summed E-state index contributed by atoms with van der Waals surface area (Å²) in [6.45, 7) is 2.86. The van der Waals surface area contributed by atoms with Crippen molar-refractivity contribution in [2.75, 3.05) is 10.8 Å². The van der Waals surface area contributed by atoms with E-state index < -0.39 is 39.3 Å². The Bertz CT molecular complexity index is 1220. The van der Waals surface area contributed by atoms with E-state index in [1.807, 2.05) is 4.98 Å². The highest BCUT2D eigenvalue weighted by Crippen LogP contribution is 2.41. The standard InChI is InChI=1S/C16H14F5N5O3S/c1-3-30(28,29)11-5-9(7-27)6-22-13(11)26-8(2)4-10-12(25-26)24-14(23-10)15(17,18)16(19,20)21/h4-8H,3H2,1-2H3,(H,23,24,25). The van der Waals surface area contributed by atoms with Crippen LogP contribution in [0.25, 0.3) is 6.08 Å². The molecule has 0 aromatic carbocycles. The summed E-state index contributed by atoms with van der Waals surface area (Å²) in [6, 6.07) is 0.297. The van der Waals surface area contributed by atoms with Crippen molar-refractivity contribution in [1.82, 2.24) is 15.0 Å². The van der Waals surface area contributed by atoms with Gasteiger partial charge in [-0.2, -0.15) is 22.0 Å². The van der Waals surface area contributed by atoms with Gasteiger partial charge in [0.2, 0.25) is 0 Å². The third kappa shape index (κ3) is 3.55. The lowest BCUT2D eigenvalue weighted by Gasteiger charge is -2.26. The monoisotopic (exact) mass is 451 g/mol. The number of sulfone groups is 1. The Labute approximate surface area is 166 Å². The van der Waals surface area contributed by atoms with Crippen LogP contribution in [0.4, 0.5) is 27.8 Å². The van der Waals surface area contributed by atoms with Gasteiger partial charge in [-0.3, -0.25) is 4.79 Å². The molecule has 0 bridgehead atoms. The second kappa shape index (κ2) is 7.11. The van der Waals surface area contributed by atoms with E-state index in [0.717, 1.165) is 17.3 Å². The average Bonchev–Trinajstić information content (AvgIpc) is 3.09. The molecule has 1 N–H and O–H groups in total. The van der Waals surface area contributed by atoms with Crippen LogP contribution in [0.1, 0.15) is 30.0 Å². The van der Waals surface area contributed by atoms with Gasteiger partial charge in [-0.1, -0.05) is 6.92 Å². The number of H-pyrrole nitrogens is 1. The molecule has 2 aromatic rings. The number of nitrogens with zero attached hydrogens (tertiary/aromatic N) is 4. The highest BCUT2D eigenvalue weighted by atomic mass is 32.2. The van der Waals surface area contributed by atoms with E-state index in [0.29, 0.717) is 6.29 Å². The summed E-state index contributed by atoms with van der Waals surface area (Å²) in [5.74, 6) is -7.42. The van der Waals surface area contributed by atoms with Gasteiger partial charge in [-0.05, 0) is 19.1 Å². The van der Waals surface area contributed by atoms with Gasteiger partial charge in [0.05, 0.1) is 17.1 Å². The molecule has 30 heavy (non-hydrogen) atoms. The molecule has 8 nitrogen and oxygen atoms in total. The van der Waals surface area contributed by atoms with Crippen LogP contribution in [0.15, 0.2) is 22.3 Å². The fourth-order valence-corrected chi connectivity index (χ4v) is 3.72. The molecule has 14 heteroatoms. The number of aromatic nitrogens is 3. The Hall–Kier alpha value is -2.90. The Morgan fingerprint density at radius 1 is 1.27 bits per heavy atom. The van der Waals surface area contributed by atoms with Gasteiger partial charge in [-0.25, -0.2) is 23.4 Å². The fourth-order valence-electron chi connectivity index (χ4n) is 2.67. The van der Waals surface area contributed by atoms with Crippen LogP contribution in [0.5, 0.6) is 0 Å². The van der Waals surface area contributed by atoms with E-state index in [4.69, 9.17) is 0 Å². The summed E-state index contributed by atoms with van der Waals surface area (Å²) in [5, 5.41) is 4.77. The van der Waals surface area contributed by atoms with Crippen molar-refractivity contribution in [2.24, 2.45) is 5.10 Å². The van der Waals surface area contributed by atoms with Crippen molar-refractivity contribution in [3.05, 3.63) is 34.5 Å². The van der Waals surface area contributed by atoms with Gasteiger partial charge in [0.1, 0.15) is 4.90 Å². The number of hydrogen-bond acceptors (Lipinski definition) is 7. The van der Waals surface area contributed by atoms with E-state index in [-0.39, 0.29) is 27.4 Å². The first kappa shape index (κ1) is 21.8. The maximum Gasteiger partial charge on any atom is 0.461 e. The minimum Gasteiger partial charge on any atom is -0.335 e. The van der Waals surface area contributed by atoms with Crippen LogP contribution in [-0.4, -0.2) is 47.6 Å². The van der Waals surface area contributed by atoms with Crippen molar-refractivity contribution in [3.63, 3.8) is 0 Å². The Kier molecular flexibility index (Phi) is 5.16. The minimum atomic E-state index is -5.87. The number of nitrogens with one attached hydrogen (secondary N) is 1. The van der Waals surface area contributed by atoms with Gasteiger partial charge in [0.25, 0.3) is 0 Å². The van der Waals surface area contributed by atoms with Crippen LogP contribution in [0.3, 0.4) is 0 Å². The Morgan fingerprint density at radius 2 is 1.93 bits per heavy atom. The first-order valence-electron chi connectivity index (χ1n) is 8.40. The number of rotatable bonds is 5. The zero-order chi connectivity index (χ0) is 22.5. The van der Waals surface area contributed by atoms with Crippen LogP contribution >= 0.6 is 0 Å². The van der Waals surface area contributed by atoms with E-state index >= 15 is 0 Å². The predicted molar refractivity (Wildman–Crippen MR) is 93.1 cm³/mol. The number of anilines is 1. The maximum atomic E-state index is 13.6. The molecule has 0 amide bonds. The van der Waals surface area contributed by atoms with Crippen LogP contribution in [0, 0.1) is 0 Å². The van der Waals surface area contributed by atoms with Crippen molar-refractivity contribution in [2.45, 2.75) is 36.9 Å². The third-order valence-electron chi connectivity index (χ3n) is 4.28. The van der Waals surface area contributed by atoms with Crippen molar-refractivity contribution in [1.29, 1.82) is 0 Å². The molecule has 1 aliphatic heterocycles. The van der Waals surface area contributed by atoms with E-state index in [1.54, 1.807) is 0 Å². The lowest BCUT2D eigenvalue weighted by molar-refractivity contribution is -0.292. The van der Waals surface area contributed by atoms with Crippen LogP contribution in [0.2, 0.25) is 0 Å². The number of halogens is 5. The molecule has 2 aromatic heterocycles. The highest BCUT2D eigenvalue weighted by Gasteiger charge is 2.61. The maximum absolute atomic E-state index is 13.6. The lowest BCUT2D eigenvalue weighted by atomic mass is 10.2. The number of fused-ring (bicyclic) bond motifs is 1. The van der Waals surface area contributed by atoms with Crippen molar-refractivity contribution < 1.29 is 35.2 Å². The molecule has 3 rings (SSSR count). The topological polar surface area (TPSA) is 108 Å². The second-order valence-corrected chi connectivity index (χ2v) is 8.61. The quantitative estimate of drug-likeness (QED) is 0.542. The number of imidazole rings is 1. The SMILES string of the molecule is CCS(=O)(=O)c1cc(C=O)cnc1N1N=c2nc(C(F)(F)C(F)(F)F)[nH]c2=CC1C. The van der Waals surface area contributed by atoms with Gasteiger partial charge in [0.15, 0.2) is 33.3 Å². The number of aldehydes is 1. The number of hydrogen-bond donors (Lipinski definition) is 1.